The maximum Gasteiger partial charge on any atom is 0.387 e. The second-order valence-electron chi connectivity index (χ2n) is 8.18. The highest BCUT2D eigenvalue weighted by Gasteiger charge is 2.19. The summed E-state index contributed by atoms with van der Waals surface area (Å²) in [6.45, 7) is 0.751. The standard InChI is InChI=1S/C25H22F2N6O4/c1-4-36-25-28-12-18-22(31-25)33(15-6-8-16(9-7-15)37-24(26)27)23(35)20(29-18)14-5-10-17-19(11-14)32(3)21(30-17)13(2)34/h5-13,24,34H,4H2,1-3H3. The van der Waals surface area contributed by atoms with Crippen molar-refractivity contribution in [2.45, 2.75) is 26.6 Å². The molecule has 0 bridgehead atoms. The highest BCUT2D eigenvalue weighted by molar-refractivity contribution is 5.83. The first kappa shape index (κ1) is 24.3. The van der Waals surface area contributed by atoms with E-state index in [1.54, 1.807) is 43.7 Å². The van der Waals surface area contributed by atoms with Crippen molar-refractivity contribution in [1.82, 2.24) is 29.1 Å². The molecule has 1 atom stereocenters. The molecule has 37 heavy (non-hydrogen) atoms. The molecule has 5 rings (SSSR count). The van der Waals surface area contributed by atoms with Crippen LogP contribution < -0.4 is 15.0 Å². The molecule has 0 aliphatic rings. The number of benzene rings is 2. The largest absolute Gasteiger partial charge is 0.464 e. The maximum absolute atomic E-state index is 13.8. The molecule has 0 amide bonds. The summed E-state index contributed by atoms with van der Waals surface area (Å²) in [6.07, 6.45) is 0.681. The van der Waals surface area contributed by atoms with Gasteiger partial charge in [-0.2, -0.15) is 13.8 Å². The Labute approximate surface area is 208 Å². The SMILES string of the molecule is CCOc1ncc2nc(-c3ccc4nc(C(C)O)n(C)c4c3)c(=O)n(-c3ccc(OC(F)F)cc3)c2n1. The number of fused-ring (bicyclic) bond motifs is 2. The highest BCUT2D eigenvalue weighted by atomic mass is 19.3. The summed E-state index contributed by atoms with van der Waals surface area (Å²) in [5.41, 5.74) is 2.37. The van der Waals surface area contributed by atoms with Crippen molar-refractivity contribution in [2.75, 3.05) is 6.61 Å². The molecular weight excluding hydrogens is 486 g/mol. The van der Waals surface area contributed by atoms with E-state index in [1.165, 1.54) is 35.0 Å². The van der Waals surface area contributed by atoms with Crippen LogP contribution in [0.5, 0.6) is 11.8 Å². The number of hydrogen-bond donors (Lipinski definition) is 1. The average Bonchev–Trinajstić information content (AvgIpc) is 3.20. The summed E-state index contributed by atoms with van der Waals surface area (Å²) in [6, 6.07) is 10.9. The first-order valence-electron chi connectivity index (χ1n) is 11.4. The first-order chi connectivity index (χ1) is 17.8. The van der Waals surface area contributed by atoms with E-state index in [1.807, 2.05) is 0 Å². The number of halogens is 2. The summed E-state index contributed by atoms with van der Waals surface area (Å²) in [5.74, 6) is 0.435. The Morgan fingerprint density at radius 2 is 1.81 bits per heavy atom. The zero-order chi connectivity index (χ0) is 26.3. The Morgan fingerprint density at radius 3 is 2.49 bits per heavy atom. The molecule has 190 valence electrons. The zero-order valence-electron chi connectivity index (χ0n) is 20.1. The molecule has 0 saturated heterocycles. The summed E-state index contributed by atoms with van der Waals surface area (Å²) >= 11 is 0. The fourth-order valence-electron chi connectivity index (χ4n) is 4.10. The number of hydrogen-bond acceptors (Lipinski definition) is 8. The van der Waals surface area contributed by atoms with Crippen molar-refractivity contribution in [3.8, 4) is 28.7 Å². The molecule has 5 aromatic rings. The Kier molecular flexibility index (Phi) is 6.25. The van der Waals surface area contributed by atoms with E-state index >= 15 is 0 Å². The molecule has 2 aromatic carbocycles. The van der Waals surface area contributed by atoms with Gasteiger partial charge in [0.2, 0.25) is 0 Å². The van der Waals surface area contributed by atoms with Crippen LogP contribution in [-0.4, -0.2) is 47.4 Å². The smallest absolute Gasteiger partial charge is 0.387 e. The van der Waals surface area contributed by atoms with Crippen molar-refractivity contribution in [1.29, 1.82) is 0 Å². The van der Waals surface area contributed by atoms with Gasteiger partial charge in [-0.15, -0.1) is 0 Å². The number of ether oxygens (including phenoxy) is 2. The first-order valence-corrected chi connectivity index (χ1v) is 11.4. The van der Waals surface area contributed by atoms with Gasteiger partial charge in [0.1, 0.15) is 28.9 Å². The van der Waals surface area contributed by atoms with Gasteiger partial charge in [-0.05, 0) is 50.2 Å². The third kappa shape index (κ3) is 4.47. The van der Waals surface area contributed by atoms with Gasteiger partial charge in [0.25, 0.3) is 5.56 Å². The molecule has 0 aliphatic carbocycles. The molecule has 0 radical (unpaired) electrons. The van der Waals surface area contributed by atoms with Gasteiger partial charge in [0.15, 0.2) is 5.65 Å². The number of rotatable bonds is 7. The van der Waals surface area contributed by atoms with E-state index in [0.29, 0.717) is 40.2 Å². The Bertz CT molecular complexity index is 1660. The second-order valence-corrected chi connectivity index (χ2v) is 8.18. The van der Waals surface area contributed by atoms with Gasteiger partial charge in [0, 0.05) is 12.6 Å². The molecule has 0 spiro atoms. The van der Waals surface area contributed by atoms with Crippen molar-refractivity contribution in [3.63, 3.8) is 0 Å². The van der Waals surface area contributed by atoms with Crippen molar-refractivity contribution < 1.29 is 23.4 Å². The summed E-state index contributed by atoms with van der Waals surface area (Å²) in [7, 11) is 1.78. The van der Waals surface area contributed by atoms with Gasteiger partial charge in [-0.3, -0.25) is 9.36 Å². The average molecular weight is 508 g/mol. The van der Waals surface area contributed by atoms with Crippen molar-refractivity contribution in [3.05, 3.63) is 64.8 Å². The molecule has 10 nitrogen and oxygen atoms in total. The number of aryl methyl sites for hydroxylation is 1. The lowest BCUT2D eigenvalue weighted by molar-refractivity contribution is -0.0498. The normalized spacial score (nSPS) is 12.4. The van der Waals surface area contributed by atoms with Gasteiger partial charge in [-0.1, -0.05) is 6.07 Å². The van der Waals surface area contributed by atoms with Gasteiger partial charge in [0.05, 0.1) is 29.5 Å². The summed E-state index contributed by atoms with van der Waals surface area (Å²) < 4.78 is 38.2. The van der Waals surface area contributed by atoms with Crippen molar-refractivity contribution in [2.24, 2.45) is 7.05 Å². The third-order valence-corrected chi connectivity index (χ3v) is 5.73. The zero-order valence-corrected chi connectivity index (χ0v) is 20.1. The van der Waals surface area contributed by atoms with Crippen LogP contribution in [0.1, 0.15) is 25.8 Å². The lowest BCUT2D eigenvalue weighted by Gasteiger charge is -2.13. The number of alkyl halides is 2. The van der Waals surface area contributed by atoms with Crippen LogP contribution in [0.3, 0.4) is 0 Å². The van der Waals surface area contributed by atoms with Crippen LogP contribution >= 0.6 is 0 Å². The van der Waals surface area contributed by atoms with Gasteiger partial charge >= 0.3 is 12.6 Å². The minimum Gasteiger partial charge on any atom is -0.464 e. The second kappa shape index (κ2) is 9.54. The predicted octanol–water partition coefficient (Wildman–Crippen LogP) is 3.78. The molecular formula is C25H22F2N6O4. The summed E-state index contributed by atoms with van der Waals surface area (Å²) in [4.78, 5) is 31.4. The van der Waals surface area contributed by atoms with E-state index in [0.717, 1.165) is 0 Å². The highest BCUT2D eigenvalue weighted by Crippen LogP contribution is 2.26. The lowest BCUT2D eigenvalue weighted by Crippen LogP contribution is -2.23. The molecule has 1 N–H and O–H groups in total. The van der Waals surface area contributed by atoms with E-state index in [4.69, 9.17) is 4.74 Å². The number of aromatic nitrogens is 6. The number of imidazole rings is 1. The molecule has 12 heteroatoms. The number of aliphatic hydroxyl groups is 1. The van der Waals surface area contributed by atoms with Crippen LogP contribution in [0.25, 0.3) is 39.1 Å². The van der Waals surface area contributed by atoms with Crippen LogP contribution in [0, 0.1) is 0 Å². The quantitative estimate of drug-likeness (QED) is 0.353. The molecule has 0 fully saturated rings. The number of nitrogens with zero attached hydrogens (tertiary/aromatic N) is 6. The minimum atomic E-state index is -2.97. The molecule has 0 aliphatic heterocycles. The fourth-order valence-corrected chi connectivity index (χ4v) is 4.10. The predicted molar refractivity (Wildman–Crippen MR) is 131 cm³/mol. The van der Waals surface area contributed by atoms with Gasteiger partial charge < -0.3 is 19.1 Å². The lowest BCUT2D eigenvalue weighted by atomic mass is 10.1. The maximum atomic E-state index is 13.8. The monoisotopic (exact) mass is 508 g/mol. The molecule has 3 aromatic heterocycles. The Balaban J connectivity index is 1.73. The Hall–Kier alpha value is -4.45. The third-order valence-electron chi connectivity index (χ3n) is 5.73. The van der Waals surface area contributed by atoms with Gasteiger partial charge in [-0.25, -0.2) is 15.0 Å². The summed E-state index contributed by atoms with van der Waals surface area (Å²) in [5, 5.41) is 10.0. The van der Waals surface area contributed by atoms with Crippen LogP contribution in [0.15, 0.2) is 53.5 Å². The Morgan fingerprint density at radius 1 is 1.05 bits per heavy atom. The molecule has 0 saturated carbocycles. The van der Waals surface area contributed by atoms with E-state index in [-0.39, 0.29) is 23.1 Å². The van der Waals surface area contributed by atoms with Crippen LogP contribution in [0.2, 0.25) is 0 Å². The van der Waals surface area contributed by atoms with Crippen LogP contribution in [0.4, 0.5) is 8.78 Å². The minimum absolute atomic E-state index is 0.0504. The molecule has 3 heterocycles. The van der Waals surface area contributed by atoms with E-state index in [9.17, 15) is 18.7 Å². The van der Waals surface area contributed by atoms with E-state index in [2.05, 4.69) is 24.7 Å². The topological polar surface area (TPSA) is 117 Å². The van der Waals surface area contributed by atoms with Crippen molar-refractivity contribution >= 4 is 22.2 Å². The van der Waals surface area contributed by atoms with E-state index < -0.39 is 18.3 Å². The molecule has 1 unspecified atom stereocenters. The fraction of sp³-hybridized carbons (Fsp3) is 0.240. The number of aliphatic hydroxyl groups excluding tert-OH is 1. The van der Waals surface area contributed by atoms with Crippen LogP contribution in [-0.2, 0) is 7.05 Å².